The second-order valence-electron chi connectivity index (χ2n) is 22.4. The first-order chi connectivity index (χ1) is 41.0. The van der Waals surface area contributed by atoms with Gasteiger partial charge in [-0.15, -0.1) is 0 Å². The van der Waals surface area contributed by atoms with Gasteiger partial charge in [0.2, 0.25) is 0 Å². The molecule has 0 aromatic rings. The van der Waals surface area contributed by atoms with E-state index in [4.69, 9.17) is 14.2 Å². The molecular formula is C77H126O6. The summed E-state index contributed by atoms with van der Waals surface area (Å²) in [7, 11) is 0. The minimum absolute atomic E-state index is 0.0948. The molecule has 0 aliphatic carbocycles. The summed E-state index contributed by atoms with van der Waals surface area (Å²) in [6.45, 7) is 6.47. The molecule has 0 saturated heterocycles. The summed E-state index contributed by atoms with van der Waals surface area (Å²) in [6, 6.07) is 0. The topological polar surface area (TPSA) is 78.9 Å². The second kappa shape index (κ2) is 69.8. The zero-order valence-corrected chi connectivity index (χ0v) is 53.9. The van der Waals surface area contributed by atoms with Crippen molar-refractivity contribution < 1.29 is 28.6 Å². The average molecular weight is 1150 g/mol. The summed E-state index contributed by atoms with van der Waals surface area (Å²) in [6.07, 6.45) is 100. The van der Waals surface area contributed by atoms with Gasteiger partial charge in [-0.05, 0) is 122 Å². The van der Waals surface area contributed by atoms with Gasteiger partial charge in [0.25, 0.3) is 0 Å². The summed E-state index contributed by atoms with van der Waals surface area (Å²) in [5.74, 6) is -0.927. The number of rotatable bonds is 61. The first kappa shape index (κ1) is 78.3. The van der Waals surface area contributed by atoms with Crippen LogP contribution in [0.1, 0.15) is 303 Å². The molecule has 83 heavy (non-hydrogen) atoms. The highest BCUT2D eigenvalue weighted by Crippen LogP contribution is 2.16. The Balaban J connectivity index is 4.34. The number of hydrogen-bond acceptors (Lipinski definition) is 6. The van der Waals surface area contributed by atoms with Crippen molar-refractivity contribution in [1.29, 1.82) is 0 Å². The lowest BCUT2D eigenvalue weighted by molar-refractivity contribution is -0.167. The SMILES string of the molecule is CC/C=C\C/C=C\C/C=C\C/C=C\C/C=C\C/C=C\C/C=C\C/C=C\C/C=C\C/C=C\CCCCCCC(=O)OCC(COC(=O)CCCCCCC/C=C\C/C=C\CCCC)OC(=O)CCCCCCCCCCCCCCCCCC. The van der Waals surface area contributed by atoms with Gasteiger partial charge in [0.05, 0.1) is 0 Å². The molecule has 0 aromatic heterocycles. The zero-order chi connectivity index (χ0) is 59.9. The molecule has 0 amide bonds. The van der Waals surface area contributed by atoms with Crippen molar-refractivity contribution in [3.05, 3.63) is 146 Å². The Bertz CT molecular complexity index is 1800. The van der Waals surface area contributed by atoms with Gasteiger partial charge in [-0.1, -0.05) is 308 Å². The highest BCUT2D eigenvalue weighted by molar-refractivity contribution is 5.71. The lowest BCUT2D eigenvalue weighted by atomic mass is 10.0. The Morgan fingerprint density at radius 2 is 0.482 bits per heavy atom. The number of carbonyl (C=O) groups excluding carboxylic acids is 3. The van der Waals surface area contributed by atoms with E-state index in [1.807, 2.05) is 0 Å². The first-order valence-corrected chi connectivity index (χ1v) is 34.3. The van der Waals surface area contributed by atoms with Gasteiger partial charge >= 0.3 is 17.9 Å². The van der Waals surface area contributed by atoms with E-state index < -0.39 is 6.10 Å². The van der Waals surface area contributed by atoms with E-state index in [2.05, 4.69) is 167 Å². The lowest BCUT2D eigenvalue weighted by Crippen LogP contribution is -2.30. The molecule has 0 aliphatic heterocycles. The van der Waals surface area contributed by atoms with Crippen molar-refractivity contribution in [2.24, 2.45) is 0 Å². The number of ether oxygens (including phenoxy) is 3. The van der Waals surface area contributed by atoms with Crippen molar-refractivity contribution in [3.63, 3.8) is 0 Å². The first-order valence-electron chi connectivity index (χ1n) is 34.3. The number of esters is 3. The molecule has 6 heteroatoms. The van der Waals surface area contributed by atoms with E-state index in [9.17, 15) is 14.4 Å². The minimum atomic E-state index is -0.799. The number of allylic oxidation sites excluding steroid dienone is 24. The van der Waals surface area contributed by atoms with E-state index in [-0.39, 0.29) is 31.1 Å². The van der Waals surface area contributed by atoms with Crippen LogP contribution in [0, 0.1) is 0 Å². The van der Waals surface area contributed by atoms with Gasteiger partial charge in [-0.2, -0.15) is 0 Å². The van der Waals surface area contributed by atoms with Crippen LogP contribution in [-0.4, -0.2) is 37.2 Å². The Morgan fingerprint density at radius 1 is 0.253 bits per heavy atom. The van der Waals surface area contributed by atoms with Crippen molar-refractivity contribution in [1.82, 2.24) is 0 Å². The summed E-state index contributed by atoms with van der Waals surface area (Å²) >= 11 is 0. The average Bonchev–Trinajstić information content (AvgIpc) is 3.49. The summed E-state index contributed by atoms with van der Waals surface area (Å²) < 4.78 is 16.9. The number of unbranched alkanes of at least 4 members (excludes halogenated alkanes) is 26. The van der Waals surface area contributed by atoms with Gasteiger partial charge in [-0.25, -0.2) is 0 Å². The van der Waals surface area contributed by atoms with Gasteiger partial charge in [0.1, 0.15) is 13.2 Å². The molecule has 0 fully saturated rings. The van der Waals surface area contributed by atoms with Crippen molar-refractivity contribution in [3.8, 4) is 0 Å². The molecule has 0 saturated carbocycles. The molecular weight excluding hydrogens is 1020 g/mol. The molecule has 470 valence electrons. The highest BCUT2D eigenvalue weighted by atomic mass is 16.6. The molecule has 0 aliphatic rings. The van der Waals surface area contributed by atoms with E-state index in [1.165, 1.54) is 103 Å². The van der Waals surface area contributed by atoms with Crippen molar-refractivity contribution in [2.45, 2.75) is 309 Å². The second-order valence-corrected chi connectivity index (χ2v) is 22.4. The van der Waals surface area contributed by atoms with Crippen LogP contribution in [0.3, 0.4) is 0 Å². The molecule has 1 atom stereocenters. The van der Waals surface area contributed by atoms with E-state index in [0.717, 1.165) is 161 Å². The lowest BCUT2D eigenvalue weighted by Gasteiger charge is -2.18. The highest BCUT2D eigenvalue weighted by Gasteiger charge is 2.19. The Labute approximate surface area is 512 Å². The fourth-order valence-electron chi connectivity index (χ4n) is 9.19. The standard InChI is InChI=1S/C77H126O6/c1-4-7-10-13-16-19-22-25-28-30-31-32-33-34-35-36-37-38-39-40-41-42-43-44-45-46-47-48-50-52-55-58-61-64-67-70-76(79)82-73-74(72-81-75(78)69-66-63-60-57-54-51-27-24-21-18-15-12-9-6-3)83-77(80)71-68-65-62-59-56-53-49-29-26-23-20-17-14-11-8-5-2/h7,10,15-16,18-19,24-25,27-28,31-32,34-35,37-38,40-41,43-44,46-47,50,52,74H,4-6,8-9,11-14,17,20-23,26,29-30,33,36,39,42,45,48-49,51,53-73H2,1-3H3/b10-7-,18-15-,19-16-,27-24-,28-25-,32-31-,35-34-,38-37-,41-40-,44-43-,47-46-,52-50-. The molecule has 6 nitrogen and oxygen atoms in total. The molecule has 0 spiro atoms. The van der Waals surface area contributed by atoms with Crippen molar-refractivity contribution in [2.75, 3.05) is 13.2 Å². The third-order valence-electron chi connectivity index (χ3n) is 14.3. The maximum atomic E-state index is 12.9. The molecule has 0 rings (SSSR count). The van der Waals surface area contributed by atoms with Crippen molar-refractivity contribution >= 4 is 17.9 Å². The van der Waals surface area contributed by atoms with Crippen LogP contribution in [-0.2, 0) is 28.6 Å². The smallest absolute Gasteiger partial charge is 0.306 e. The van der Waals surface area contributed by atoms with E-state index >= 15 is 0 Å². The number of hydrogen-bond donors (Lipinski definition) is 0. The van der Waals surface area contributed by atoms with Crippen LogP contribution < -0.4 is 0 Å². The maximum Gasteiger partial charge on any atom is 0.306 e. The van der Waals surface area contributed by atoms with Gasteiger partial charge < -0.3 is 14.2 Å². The fraction of sp³-hybridized carbons (Fsp3) is 0.649. The maximum absolute atomic E-state index is 12.9. The van der Waals surface area contributed by atoms with Gasteiger partial charge in [0, 0.05) is 19.3 Å². The summed E-state index contributed by atoms with van der Waals surface area (Å²) in [5.41, 5.74) is 0. The largest absolute Gasteiger partial charge is 0.462 e. The quantitative estimate of drug-likeness (QED) is 0.0261. The molecule has 1 unspecified atom stereocenters. The summed E-state index contributed by atoms with van der Waals surface area (Å²) in [4.78, 5) is 38.3. The van der Waals surface area contributed by atoms with Gasteiger partial charge in [0.15, 0.2) is 6.10 Å². The predicted octanol–water partition coefficient (Wildman–Crippen LogP) is 23.9. The molecule has 0 aromatic carbocycles. The number of carbonyl (C=O) groups is 3. The third kappa shape index (κ3) is 68.0. The Morgan fingerprint density at radius 3 is 0.771 bits per heavy atom. The Kier molecular flexibility index (Phi) is 65.8. The minimum Gasteiger partial charge on any atom is -0.462 e. The normalized spacial score (nSPS) is 13.0. The zero-order valence-electron chi connectivity index (χ0n) is 53.9. The van der Waals surface area contributed by atoms with Crippen LogP contribution in [0.5, 0.6) is 0 Å². The predicted molar refractivity (Wildman–Crippen MR) is 362 cm³/mol. The fourth-order valence-corrected chi connectivity index (χ4v) is 9.19. The van der Waals surface area contributed by atoms with Crippen LogP contribution in [0.15, 0.2) is 146 Å². The monoisotopic (exact) mass is 1150 g/mol. The van der Waals surface area contributed by atoms with Crippen LogP contribution in [0.4, 0.5) is 0 Å². The van der Waals surface area contributed by atoms with E-state index in [0.29, 0.717) is 19.3 Å². The third-order valence-corrected chi connectivity index (χ3v) is 14.3. The summed E-state index contributed by atoms with van der Waals surface area (Å²) in [5, 5.41) is 0. The molecule has 0 N–H and O–H groups in total. The van der Waals surface area contributed by atoms with Crippen LogP contribution in [0.25, 0.3) is 0 Å². The van der Waals surface area contributed by atoms with Crippen LogP contribution in [0.2, 0.25) is 0 Å². The molecule has 0 bridgehead atoms. The van der Waals surface area contributed by atoms with Gasteiger partial charge in [-0.3, -0.25) is 14.4 Å². The van der Waals surface area contributed by atoms with Crippen LogP contribution >= 0.6 is 0 Å². The molecule has 0 radical (unpaired) electrons. The Hall–Kier alpha value is -4.71. The van der Waals surface area contributed by atoms with E-state index in [1.54, 1.807) is 0 Å². The molecule has 0 heterocycles.